The Kier molecular flexibility index (Phi) is 4.34. The highest BCUT2D eigenvalue weighted by Crippen LogP contribution is 2.34. The second-order valence-corrected chi connectivity index (χ2v) is 4.00. The van der Waals surface area contributed by atoms with Crippen LogP contribution in [-0.4, -0.2) is 6.04 Å². The first-order chi connectivity index (χ1) is 7.86. The standard InChI is InChI=1S/C13H16F3N/c1-4-9(2)17-10(3)11-7-5-6-8-12(11)13(14,15)16/h4-10,17H,1H2,2-3H3. The summed E-state index contributed by atoms with van der Waals surface area (Å²) < 4.78 is 38.3. The Bertz CT molecular complexity index is 384. The van der Waals surface area contributed by atoms with Gasteiger partial charge >= 0.3 is 6.18 Å². The van der Waals surface area contributed by atoms with Crippen molar-refractivity contribution in [2.45, 2.75) is 32.1 Å². The lowest BCUT2D eigenvalue weighted by atomic mass is 10.0. The quantitative estimate of drug-likeness (QED) is 0.790. The summed E-state index contributed by atoms with van der Waals surface area (Å²) in [5.74, 6) is 0. The number of alkyl halides is 3. The minimum absolute atomic E-state index is 0.0358. The van der Waals surface area contributed by atoms with Gasteiger partial charge in [-0.15, -0.1) is 6.58 Å². The van der Waals surface area contributed by atoms with Crippen molar-refractivity contribution in [3.8, 4) is 0 Å². The summed E-state index contributed by atoms with van der Waals surface area (Å²) in [7, 11) is 0. The fourth-order valence-electron chi connectivity index (χ4n) is 1.68. The lowest BCUT2D eigenvalue weighted by molar-refractivity contribution is -0.138. The van der Waals surface area contributed by atoms with Gasteiger partial charge in [0, 0.05) is 12.1 Å². The first-order valence-corrected chi connectivity index (χ1v) is 5.41. The normalized spacial score (nSPS) is 15.4. The highest BCUT2D eigenvalue weighted by Gasteiger charge is 2.34. The predicted molar refractivity (Wildman–Crippen MR) is 62.7 cm³/mol. The molecule has 2 atom stereocenters. The summed E-state index contributed by atoms with van der Waals surface area (Å²) in [6.45, 7) is 7.15. The minimum Gasteiger partial charge on any atom is -0.304 e. The molecule has 0 spiro atoms. The van der Waals surface area contributed by atoms with Crippen molar-refractivity contribution >= 4 is 0 Å². The van der Waals surface area contributed by atoms with E-state index in [0.717, 1.165) is 6.07 Å². The number of benzene rings is 1. The van der Waals surface area contributed by atoms with Crippen molar-refractivity contribution < 1.29 is 13.2 Å². The molecule has 0 aromatic heterocycles. The molecule has 1 N–H and O–H groups in total. The average molecular weight is 243 g/mol. The van der Waals surface area contributed by atoms with E-state index in [4.69, 9.17) is 0 Å². The molecule has 0 aliphatic carbocycles. The molecule has 0 aliphatic heterocycles. The maximum atomic E-state index is 12.8. The Hall–Kier alpha value is -1.29. The van der Waals surface area contributed by atoms with Crippen LogP contribution in [0.2, 0.25) is 0 Å². The monoisotopic (exact) mass is 243 g/mol. The van der Waals surface area contributed by atoms with Gasteiger partial charge in [0.05, 0.1) is 5.56 Å². The van der Waals surface area contributed by atoms with Gasteiger partial charge in [0.25, 0.3) is 0 Å². The summed E-state index contributed by atoms with van der Waals surface area (Å²) in [5.41, 5.74) is -0.329. The third-order valence-electron chi connectivity index (χ3n) is 2.60. The fraction of sp³-hybridized carbons (Fsp3) is 0.385. The summed E-state index contributed by atoms with van der Waals surface area (Å²) in [6.07, 6.45) is -2.66. The van der Waals surface area contributed by atoms with Crippen molar-refractivity contribution in [1.29, 1.82) is 0 Å². The molecule has 0 fully saturated rings. The molecule has 0 bridgehead atoms. The number of halogens is 3. The Morgan fingerprint density at radius 1 is 1.24 bits per heavy atom. The van der Waals surface area contributed by atoms with Gasteiger partial charge in [-0.05, 0) is 25.5 Å². The van der Waals surface area contributed by atoms with Gasteiger partial charge in [0.1, 0.15) is 0 Å². The molecule has 0 aliphatic rings. The number of nitrogens with one attached hydrogen (secondary N) is 1. The third kappa shape index (κ3) is 3.60. The summed E-state index contributed by atoms with van der Waals surface area (Å²) in [6, 6.07) is 5.20. The average Bonchev–Trinajstić information content (AvgIpc) is 2.27. The van der Waals surface area contributed by atoms with Crippen LogP contribution in [0.5, 0.6) is 0 Å². The van der Waals surface area contributed by atoms with Crippen LogP contribution < -0.4 is 5.32 Å². The maximum Gasteiger partial charge on any atom is 0.416 e. The molecule has 0 heterocycles. The molecule has 94 valence electrons. The van der Waals surface area contributed by atoms with E-state index in [2.05, 4.69) is 11.9 Å². The first kappa shape index (κ1) is 13.8. The van der Waals surface area contributed by atoms with E-state index in [1.807, 2.05) is 6.92 Å². The molecule has 0 saturated carbocycles. The van der Waals surface area contributed by atoms with Crippen molar-refractivity contribution in [3.05, 3.63) is 48.0 Å². The molecule has 1 aromatic carbocycles. The molecule has 1 aromatic rings. The van der Waals surface area contributed by atoms with Crippen molar-refractivity contribution in [3.63, 3.8) is 0 Å². The van der Waals surface area contributed by atoms with Crippen LogP contribution >= 0.6 is 0 Å². The molecule has 0 saturated heterocycles. The van der Waals surface area contributed by atoms with Crippen LogP contribution in [0, 0.1) is 0 Å². The Morgan fingerprint density at radius 2 is 1.82 bits per heavy atom. The molecule has 4 heteroatoms. The van der Waals surface area contributed by atoms with Crippen LogP contribution in [0.1, 0.15) is 31.0 Å². The lowest BCUT2D eigenvalue weighted by Gasteiger charge is -2.21. The summed E-state index contributed by atoms with van der Waals surface area (Å²) in [4.78, 5) is 0. The molecule has 0 amide bonds. The highest BCUT2D eigenvalue weighted by atomic mass is 19.4. The zero-order chi connectivity index (χ0) is 13.1. The summed E-state index contributed by atoms with van der Waals surface area (Å²) in [5, 5.41) is 3.04. The van der Waals surface area contributed by atoms with Crippen LogP contribution in [0.3, 0.4) is 0 Å². The lowest BCUT2D eigenvalue weighted by Crippen LogP contribution is -2.28. The molecule has 2 unspecified atom stereocenters. The van der Waals surface area contributed by atoms with Crippen molar-refractivity contribution in [2.75, 3.05) is 0 Å². The van der Waals surface area contributed by atoms with Gasteiger partial charge in [0.2, 0.25) is 0 Å². The molecule has 0 radical (unpaired) electrons. The molecule has 1 rings (SSSR count). The Morgan fingerprint density at radius 3 is 2.35 bits per heavy atom. The van der Waals surface area contributed by atoms with E-state index in [-0.39, 0.29) is 17.6 Å². The molecular weight excluding hydrogens is 227 g/mol. The van der Waals surface area contributed by atoms with Gasteiger partial charge in [-0.25, -0.2) is 0 Å². The van der Waals surface area contributed by atoms with E-state index >= 15 is 0 Å². The fourth-order valence-corrected chi connectivity index (χ4v) is 1.68. The Balaban J connectivity index is 3.01. The zero-order valence-corrected chi connectivity index (χ0v) is 9.88. The van der Waals surface area contributed by atoms with Gasteiger partial charge in [-0.3, -0.25) is 0 Å². The highest BCUT2D eigenvalue weighted by molar-refractivity contribution is 5.32. The third-order valence-corrected chi connectivity index (χ3v) is 2.60. The van der Waals surface area contributed by atoms with E-state index < -0.39 is 11.7 Å². The molecule has 17 heavy (non-hydrogen) atoms. The molecular formula is C13H16F3N. The minimum atomic E-state index is -4.32. The van der Waals surface area contributed by atoms with Crippen LogP contribution in [0.4, 0.5) is 13.2 Å². The van der Waals surface area contributed by atoms with Gasteiger partial charge in [-0.2, -0.15) is 13.2 Å². The second kappa shape index (κ2) is 5.36. The van der Waals surface area contributed by atoms with Crippen molar-refractivity contribution in [2.24, 2.45) is 0 Å². The maximum absolute atomic E-state index is 12.8. The predicted octanol–water partition coefficient (Wildman–Crippen LogP) is 3.93. The van der Waals surface area contributed by atoms with Gasteiger partial charge in [0.15, 0.2) is 0 Å². The SMILES string of the molecule is C=CC(C)NC(C)c1ccccc1C(F)(F)F. The van der Waals surface area contributed by atoms with E-state index in [1.54, 1.807) is 19.1 Å². The molecule has 1 nitrogen and oxygen atoms in total. The zero-order valence-electron chi connectivity index (χ0n) is 9.88. The summed E-state index contributed by atoms with van der Waals surface area (Å²) >= 11 is 0. The number of hydrogen-bond donors (Lipinski definition) is 1. The van der Waals surface area contributed by atoms with E-state index in [0.29, 0.717) is 0 Å². The second-order valence-electron chi connectivity index (χ2n) is 4.00. The van der Waals surface area contributed by atoms with Gasteiger partial charge in [-0.1, -0.05) is 24.3 Å². The smallest absolute Gasteiger partial charge is 0.304 e. The first-order valence-electron chi connectivity index (χ1n) is 5.41. The van der Waals surface area contributed by atoms with E-state index in [1.165, 1.54) is 12.1 Å². The van der Waals surface area contributed by atoms with E-state index in [9.17, 15) is 13.2 Å². The van der Waals surface area contributed by atoms with Crippen molar-refractivity contribution in [1.82, 2.24) is 5.32 Å². The van der Waals surface area contributed by atoms with Gasteiger partial charge < -0.3 is 5.32 Å². The topological polar surface area (TPSA) is 12.0 Å². The largest absolute Gasteiger partial charge is 0.416 e. The number of rotatable bonds is 4. The van der Waals surface area contributed by atoms with Crippen LogP contribution in [-0.2, 0) is 6.18 Å². The Labute approximate surface area is 99.3 Å². The van der Waals surface area contributed by atoms with Crippen LogP contribution in [0.15, 0.2) is 36.9 Å². The van der Waals surface area contributed by atoms with Crippen LogP contribution in [0.25, 0.3) is 0 Å². The number of hydrogen-bond acceptors (Lipinski definition) is 1.